The summed E-state index contributed by atoms with van der Waals surface area (Å²) in [5.74, 6) is 2.68. The molecule has 5 nitrogen and oxygen atoms in total. The second-order valence-corrected chi connectivity index (χ2v) is 11.8. The second-order valence-electron chi connectivity index (χ2n) is 11.8. The standard InChI is InChI=1S/C27H40N2O3.ClH/c1-17(29-32-25(31)18-5-4-14-28-16-18)22-8-9-23-21-7-6-19-15-20(30)10-12-26(19,2)24(21)11-13-27(22,23)3;/h15,18,21-24,28H,4-14,16H2,1-3H3;1H/t18?,21-,22+,23-,24-,26-,27+;/m0./s1. The number of hydrogen-bond acceptors (Lipinski definition) is 5. The lowest BCUT2D eigenvalue weighted by molar-refractivity contribution is -0.149. The van der Waals surface area contributed by atoms with Crippen molar-refractivity contribution in [2.45, 2.75) is 85.0 Å². The van der Waals surface area contributed by atoms with Gasteiger partial charge in [-0.25, -0.2) is 4.79 Å². The van der Waals surface area contributed by atoms with Gasteiger partial charge in [0.25, 0.3) is 0 Å². The van der Waals surface area contributed by atoms with Crippen molar-refractivity contribution in [1.82, 2.24) is 5.32 Å². The van der Waals surface area contributed by atoms with Gasteiger partial charge in [-0.2, -0.15) is 0 Å². The summed E-state index contributed by atoms with van der Waals surface area (Å²) in [6, 6.07) is 0. The molecule has 6 heteroatoms. The van der Waals surface area contributed by atoms with Crippen LogP contribution < -0.4 is 5.32 Å². The maximum absolute atomic E-state index is 12.5. The molecule has 1 N–H and O–H groups in total. The number of carbonyl (C=O) groups excluding carboxylic acids is 2. The van der Waals surface area contributed by atoms with Crippen LogP contribution in [0.25, 0.3) is 0 Å². The van der Waals surface area contributed by atoms with Crippen molar-refractivity contribution >= 4 is 29.9 Å². The Hall–Kier alpha value is -1.20. The molecule has 0 aromatic carbocycles. The summed E-state index contributed by atoms with van der Waals surface area (Å²) >= 11 is 0. The van der Waals surface area contributed by atoms with Crippen LogP contribution in [0, 0.1) is 40.4 Å². The Morgan fingerprint density at radius 1 is 1.09 bits per heavy atom. The Morgan fingerprint density at radius 3 is 2.67 bits per heavy atom. The highest BCUT2D eigenvalue weighted by atomic mass is 35.5. The molecule has 0 spiro atoms. The summed E-state index contributed by atoms with van der Waals surface area (Å²) in [5, 5.41) is 7.68. The van der Waals surface area contributed by atoms with E-state index in [4.69, 9.17) is 4.84 Å². The molecule has 4 fully saturated rings. The number of nitrogens with one attached hydrogen (secondary N) is 1. The first-order chi connectivity index (χ1) is 15.3. The number of piperidine rings is 1. The molecule has 1 unspecified atom stereocenters. The highest BCUT2D eigenvalue weighted by Gasteiger charge is 2.59. The molecular formula is C27H41ClN2O3. The minimum atomic E-state index is -0.175. The van der Waals surface area contributed by atoms with Crippen LogP contribution in [0.1, 0.15) is 85.0 Å². The van der Waals surface area contributed by atoms with Gasteiger partial charge in [0.1, 0.15) is 0 Å². The van der Waals surface area contributed by atoms with Crippen molar-refractivity contribution in [3.8, 4) is 0 Å². The van der Waals surface area contributed by atoms with Crippen LogP contribution in [0.2, 0.25) is 0 Å². The zero-order valence-electron chi connectivity index (χ0n) is 20.5. The number of halogens is 1. The Morgan fingerprint density at radius 2 is 1.91 bits per heavy atom. The number of allylic oxidation sites excluding steroid dienone is 1. The van der Waals surface area contributed by atoms with Crippen molar-refractivity contribution in [3.05, 3.63) is 11.6 Å². The zero-order valence-corrected chi connectivity index (χ0v) is 21.3. The van der Waals surface area contributed by atoms with Crippen LogP contribution >= 0.6 is 12.4 Å². The lowest BCUT2D eigenvalue weighted by atomic mass is 9.46. The van der Waals surface area contributed by atoms with Gasteiger partial charge in [0.05, 0.1) is 11.6 Å². The molecular weight excluding hydrogens is 436 g/mol. The third kappa shape index (κ3) is 4.22. The fourth-order valence-corrected chi connectivity index (χ4v) is 8.55. The molecule has 0 bridgehead atoms. The number of oxime groups is 1. The number of nitrogens with zero attached hydrogens (tertiary/aromatic N) is 1. The van der Waals surface area contributed by atoms with Crippen molar-refractivity contribution < 1.29 is 14.4 Å². The van der Waals surface area contributed by atoms with Crippen molar-refractivity contribution in [2.75, 3.05) is 13.1 Å². The number of carbonyl (C=O) groups is 2. The highest BCUT2D eigenvalue weighted by Crippen LogP contribution is 2.66. The second kappa shape index (κ2) is 9.45. The van der Waals surface area contributed by atoms with Gasteiger partial charge in [-0.3, -0.25) is 4.79 Å². The van der Waals surface area contributed by atoms with Crippen LogP contribution in [-0.2, 0) is 14.4 Å². The third-order valence-electron chi connectivity index (χ3n) is 10.4. The quantitative estimate of drug-likeness (QED) is 0.333. The van der Waals surface area contributed by atoms with Gasteiger partial charge in [0.15, 0.2) is 5.78 Å². The first kappa shape index (κ1) is 24.9. The first-order valence-corrected chi connectivity index (χ1v) is 13.0. The van der Waals surface area contributed by atoms with E-state index in [1.54, 1.807) is 0 Å². The predicted octanol–water partition coefficient (Wildman–Crippen LogP) is 5.48. The molecule has 7 atom stereocenters. The van der Waals surface area contributed by atoms with Gasteiger partial charge in [0.2, 0.25) is 0 Å². The molecule has 4 aliphatic carbocycles. The topological polar surface area (TPSA) is 67.8 Å². The van der Waals surface area contributed by atoms with Crippen molar-refractivity contribution in [1.29, 1.82) is 0 Å². The first-order valence-electron chi connectivity index (χ1n) is 13.0. The van der Waals surface area contributed by atoms with Gasteiger partial charge in [-0.1, -0.05) is 24.6 Å². The summed E-state index contributed by atoms with van der Waals surface area (Å²) in [5.41, 5.74) is 2.92. The van der Waals surface area contributed by atoms with Crippen LogP contribution in [0.4, 0.5) is 0 Å². The average molecular weight is 477 g/mol. The Bertz CT molecular complexity index is 848. The molecule has 184 valence electrons. The molecule has 33 heavy (non-hydrogen) atoms. The number of hydrogen-bond donors (Lipinski definition) is 1. The summed E-state index contributed by atoms with van der Waals surface area (Å²) in [6.07, 6.45) is 12.9. The Balaban J connectivity index is 0.00000259. The van der Waals surface area contributed by atoms with Crippen molar-refractivity contribution in [3.63, 3.8) is 0 Å². The summed E-state index contributed by atoms with van der Waals surface area (Å²) in [4.78, 5) is 30.0. The van der Waals surface area contributed by atoms with E-state index in [0.29, 0.717) is 30.1 Å². The molecule has 1 aliphatic heterocycles. The van der Waals surface area contributed by atoms with E-state index in [1.165, 1.54) is 31.3 Å². The van der Waals surface area contributed by atoms with E-state index in [1.807, 2.05) is 6.08 Å². The van der Waals surface area contributed by atoms with Gasteiger partial charge < -0.3 is 10.2 Å². The molecule has 1 saturated heterocycles. The molecule has 0 amide bonds. The average Bonchev–Trinajstić information content (AvgIpc) is 3.15. The van der Waals surface area contributed by atoms with Gasteiger partial charge in [0, 0.05) is 18.9 Å². The van der Waals surface area contributed by atoms with E-state index in [2.05, 4.69) is 31.2 Å². The molecule has 3 saturated carbocycles. The third-order valence-corrected chi connectivity index (χ3v) is 10.4. The SMILES string of the molecule is CC(=NOC(=O)C1CCCNC1)[C@H]1CC[C@H]2[C@@H]3CCC4=CC(=O)CC[C@]4(C)[C@H]3CC[C@]12C.Cl. The number of rotatable bonds is 3. The normalized spacial score (nSPS) is 42.9. The molecule has 5 rings (SSSR count). The molecule has 0 aromatic rings. The maximum atomic E-state index is 12.5. The van der Waals surface area contributed by atoms with E-state index >= 15 is 0 Å². The fraction of sp³-hybridized carbons (Fsp3) is 0.815. The predicted molar refractivity (Wildman–Crippen MR) is 132 cm³/mol. The van der Waals surface area contributed by atoms with Gasteiger partial charge in [-0.15, -0.1) is 12.4 Å². The fourth-order valence-electron chi connectivity index (χ4n) is 8.55. The number of fused-ring (bicyclic) bond motifs is 5. The van der Waals surface area contributed by atoms with Crippen LogP contribution in [0.5, 0.6) is 0 Å². The molecule has 1 heterocycles. The van der Waals surface area contributed by atoms with Crippen LogP contribution in [0.3, 0.4) is 0 Å². The summed E-state index contributed by atoms with van der Waals surface area (Å²) in [7, 11) is 0. The van der Waals surface area contributed by atoms with E-state index in [-0.39, 0.29) is 35.1 Å². The highest BCUT2D eigenvalue weighted by molar-refractivity contribution is 5.91. The Kier molecular flexibility index (Phi) is 7.13. The molecule has 0 aromatic heterocycles. The molecule has 5 aliphatic rings. The van der Waals surface area contributed by atoms with Gasteiger partial charge in [-0.05, 0) is 106 Å². The summed E-state index contributed by atoms with van der Waals surface area (Å²) < 4.78 is 0. The zero-order chi connectivity index (χ0) is 22.5. The van der Waals surface area contributed by atoms with Crippen LogP contribution in [-0.4, -0.2) is 30.6 Å². The minimum Gasteiger partial charge on any atom is -0.318 e. The minimum absolute atomic E-state index is 0. The summed E-state index contributed by atoms with van der Waals surface area (Å²) in [6.45, 7) is 8.70. The lowest BCUT2D eigenvalue weighted by Crippen LogP contribution is -2.51. The van der Waals surface area contributed by atoms with E-state index in [9.17, 15) is 9.59 Å². The monoisotopic (exact) mass is 476 g/mol. The molecule has 0 radical (unpaired) electrons. The Labute approximate surface area is 204 Å². The maximum Gasteiger partial charge on any atom is 0.339 e. The lowest BCUT2D eigenvalue weighted by Gasteiger charge is -2.58. The van der Waals surface area contributed by atoms with E-state index < -0.39 is 0 Å². The van der Waals surface area contributed by atoms with Crippen LogP contribution in [0.15, 0.2) is 16.8 Å². The smallest absolute Gasteiger partial charge is 0.318 e. The number of ketones is 1. The largest absolute Gasteiger partial charge is 0.339 e. The van der Waals surface area contributed by atoms with Gasteiger partial charge >= 0.3 is 5.97 Å². The van der Waals surface area contributed by atoms with E-state index in [0.717, 1.165) is 56.7 Å². The van der Waals surface area contributed by atoms with Crippen molar-refractivity contribution in [2.24, 2.45) is 45.6 Å².